The third-order valence-electron chi connectivity index (χ3n) is 0.436. The molecule has 0 aliphatic carbocycles. The highest BCUT2D eigenvalue weighted by Crippen LogP contribution is 1.88. The third-order valence-corrected chi connectivity index (χ3v) is 0.436. The van der Waals surface area contributed by atoms with Gasteiger partial charge in [0.25, 0.3) is 0 Å². The van der Waals surface area contributed by atoms with E-state index in [1.165, 1.54) is 0 Å². The summed E-state index contributed by atoms with van der Waals surface area (Å²) >= 11 is 0. The smallest absolute Gasteiger partial charge is 0.105 e. The molecule has 4 nitrogen and oxygen atoms in total. The lowest BCUT2D eigenvalue weighted by molar-refractivity contribution is -0.0388. The standard InChI is InChI=1S/C4H10O4/c5-1-3(7)4(8)2-6/h3-8H,1-2H2/t3-,4+/i1D2,2D2,3D,4D. The summed E-state index contributed by atoms with van der Waals surface area (Å²) in [4.78, 5) is 0. The van der Waals surface area contributed by atoms with E-state index in [9.17, 15) is 0 Å². The SMILES string of the molecule is [2H]C([2H])(O)[C@]([2H])(O)[C@]([2H])(O)C([2H])([2H])O. The molecule has 0 spiro atoms. The van der Waals surface area contributed by atoms with Crippen molar-refractivity contribution in [1.82, 2.24) is 0 Å². The van der Waals surface area contributed by atoms with Gasteiger partial charge < -0.3 is 20.4 Å². The van der Waals surface area contributed by atoms with Gasteiger partial charge in [0, 0.05) is 0 Å². The number of hydrogen-bond donors (Lipinski definition) is 4. The molecule has 0 unspecified atom stereocenters. The molecule has 4 heteroatoms. The fourth-order valence-electron chi connectivity index (χ4n) is 0.106. The molecule has 0 fully saturated rings. The second-order valence-corrected chi connectivity index (χ2v) is 0.921. The van der Waals surface area contributed by atoms with Gasteiger partial charge in [-0.1, -0.05) is 0 Å². The van der Waals surface area contributed by atoms with Crippen molar-refractivity contribution in [2.24, 2.45) is 0 Å². The van der Waals surface area contributed by atoms with Crippen LogP contribution in [0.1, 0.15) is 8.22 Å². The topological polar surface area (TPSA) is 80.9 Å². The molecule has 0 aromatic carbocycles. The Labute approximate surface area is 55.4 Å². The van der Waals surface area contributed by atoms with Crippen molar-refractivity contribution >= 4 is 0 Å². The Bertz CT molecular complexity index is 191. The lowest BCUT2D eigenvalue weighted by atomic mass is 10.2. The van der Waals surface area contributed by atoms with Crippen LogP contribution in [0.3, 0.4) is 0 Å². The summed E-state index contributed by atoms with van der Waals surface area (Å²) in [5.41, 5.74) is 0. The van der Waals surface area contributed by atoms with Crippen LogP contribution in [0.5, 0.6) is 0 Å². The fraction of sp³-hybridized carbons (Fsp3) is 1.00. The van der Waals surface area contributed by atoms with Gasteiger partial charge in [-0.25, -0.2) is 0 Å². The Morgan fingerprint density at radius 3 is 1.62 bits per heavy atom. The van der Waals surface area contributed by atoms with Crippen molar-refractivity contribution in [2.45, 2.75) is 12.2 Å². The maximum absolute atomic E-state index is 8.92. The van der Waals surface area contributed by atoms with E-state index >= 15 is 0 Å². The summed E-state index contributed by atoms with van der Waals surface area (Å²) in [5, 5.41) is 35.0. The summed E-state index contributed by atoms with van der Waals surface area (Å²) in [6, 6.07) is 0. The number of hydrogen-bond acceptors (Lipinski definition) is 4. The van der Waals surface area contributed by atoms with E-state index in [1.54, 1.807) is 0 Å². The predicted octanol–water partition coefficient (Wildman–Crippen LogP) is -2.31. The summed E-state index contributed by atoms with van der Waals surface area (Å²) in [6.07, 6.45) is -7.89. The van der Waals surface area contributed by atoms with Crippen LogP contribution in [-0.2, 0) is 0 Å². The van der Waals surface area contributed by atoms with Gasteiger partial charge >= 0.3 is 0 Å². The van der Waals surface area contributed by atoms with Crippen molar-refractivity contribution in [3.05, 3.63) is 0 Å². The van der Waals surface area contributed by atoms with E-state index < -0.39 is 25.3 Å². The van der Waals surface area contributed by atoms with Gasteiger partial charge in [0.2, 0.25) is 0 Å². The summed E-state index contributed by atoms with van der Waals surface area (Å²) < 4.78 is 39.4. The van der Waals surface area contributed by atoms with Gasteiger partial charge in [-0.2, -0.15) is 0 Å². The van der Waals surface area contributed by atoms with Gasteiger partial charge in [-0.15, -0.1) is 0 Å². The Balaban J connectivity index is 5.30. The molecule has 0 bridgehead atoms. The monoisotopic (exact) mass is 128 g/mol. The zero-order valence-corrected chi connectivity index (χ0v) is 3.79. The third kappa shape index (κ3) is 2.23. The zero-order valence-electron chi connectivity index (χ0n) is 9.79. The van der Waals surface area contributed by atoms with Gasteiger partial charge in [-0.3, -0.25) is 0 Å². The first-order chi connectivity index (χ1) is 5.75. The quantitative estimate of drug-likeness (QED) is 0.344. The van der Waals surface area contributed by atoms with E-state index in [-0.39, 0.29) is 0 Å². The molecule has 4 N–H and O–H groups in total. The largest absolute Gasteiger partial charge is 0.394 e. The number of rotatable bonds is 3. The molecule has 2 atom stereocenters. The van der Waals surface area contributed by atoms with Crippen LogP contribution in [0.2, 0.25) is 0 Å². The summed E-state index contributed by atoms with van der Waals surface area (Å²) in [6.45, 7) is -7.56. The summed E-state index contributed by atoms with van der Waals surface area (Å²) in [7, 11) is 0. The van der Waals surface area contributed by atoms with E-state index in [0.29, 0.717) is 0 Å². The lowest BCUT2D eigenvalue weighted by Crippen LogP contribution is -2.31. The van der Waals surface area contributed by atoms with Crippen molar-refractivity contribution in [2.75, 3.05) is 13.1 Å². The molecule has 0 radical (unpaired) electrons. The second-order valence-electron chi connectivity index (χ2n) is 0.921. The van der Waals surface area contributed by atoms with Crippen molar-refractivity contribution in [1.29, 1.82) is 0 Å². The highest BCUT2D eigenvalue weighted by molar-refractivity contribution is 4.62. The first kappa shape index (κ1) is 2.22. The molecule has 0 amide bonds. The molecule has 0 aromatic rings. The Hall–Kier alpha value is -0.160. The zero-order chi connectivity index (χ0) is 12.0. The molecule has 0 saturated heterocycles. The molecule has 50 valence electrons. The van der Waals surface area contributed by atoms with Crippen molar-refractivity contribution in [3.63, 3.8) is 0 Å². The molecule has 0 saturated carbocycles. The van der Waals surface area contributed by atoms with Crippen molar-refractivity contribution < 1.29 is 28.7 Å². The normalized spacial score (nSPS) is 40.5. The van der Waals surface area contributed by atoms with E-state index in [1.807, 2.05) is 0 Å². The van der Waals surface area contributed by atoms with Crippen molar-refractivity contribution in [3.8, 4) is 0 Å². The maximum atomic E-state index is 8.92. The maximum Gasteiger partial charge on any atom is 0.105 e. The highest BCUT2D eigenvalue weighted by Gasteiger charge is 2.12. The van der Waals surface area contributed by atoms with Crippen LogP contribution < -0.4 is 0 Å². The Kier molecular flexibility index (Phi) is 1.06. The molecule has 0 heterocycles. The van der Waals surface area contributed by atoms with Crippen LogP contribution in [0.4, 0.5) is 0 Å². The van der Waals surface area contributed by atoms with E-state index in [0.717, 1.165) is 0 Å². The summed E-state index contributed by atoms with van der Waals surface area (Å²) in [5.74, 6) is 0. The lowest BCUT2D eigenvalue weighted by Gasteiger charge is -2.10. The van der Waals surface area contributed by atoms with Gasteiger partial charge in [0.05, 0.1) is 21.3 Å². The minimum absolute atomic E-state index is 3.78. The van der Waals surface area contributed by atoms with Gasteiger partial charge in [-0.05, 0) is 0 Å². The molecule has 0 rings (SSSR count). The van der Waals surface area contributed by atoms with Gasteiger partial charge in [0.15, 0.2) is 0 Å². The molecule has 8 heavy (non-hydrogen) atoms. The molecule has 0 aliphatic heterocycles. The number of aliphatic hydroxyl groups is 4. The first-order valence-electron chi connectivity index (χ1n) is 4.64. The minimum Gasteiger partial charge on any atom is -0.394 e. The van der Waals surface area contributed by atoms with Crippen LogP contribution in [-0.4, -0.2) is 45.7 Å². The fourth-order valence-corrected chi connectivity index (χ4v) is 0.106. The molecule has 0 aromatic heterocycles. The molecular weight excluding hydrogens is 112 g/mol. The minimum atomic E-state index is -3.95. The van der Waals surface area contributed by atoms with Crippen LogP contribution in [0, 0.1) is 0 Å². The van der Waals surface area contributed by atoms with E-state index in [4.69, 9.17) is 28.7 Å². The van der Waals surface area contributed by atoms with E-state index in [2.05, 4.69) is 0 Å². The highest BCUT2D eigenvalue weighted by atomic mass is 16.4. The second kappa shape index (κ2) is 3.80. The van der Waals surface area contributed by atoms with Crippen LogP contribution in [0.15, 0.2) is 0 Å². The Morgan fingerprint density at radius 2 is 1.50 bits per heavy atom. The predicted molar refractivity (Wildman–Crippen MR) is 26.2 cm³/mol. The first-order valence-corrected chi connectivity index (χ1v) is 1.64. The van der Waals surface area contributed by atoms with Crippen LogP contribution in [0.25, 0.3) is 0 Å². The Morgan fingerprint density at radius 1 is 1.25 bits per heavy atom. The average molecular weight is 128 g/mol. The average Bonchev–Trinajstić information content (AvgIpc) is 1.81. The molecular formula is C4H10O4. The van der Waals surface area contributed by atoms with Crippen LogP contribution >= 0.6 is 0 Å². The van der Waals surface area contributed by atoms with Gasteiger partial charge in [0.1, 0.15) is 12.2 Å². The molecule has 0 aliphatic rings.